The molecule has 0 N–H and O–H groups in total. The maximum absolute atomic E-state index is 11.0. The zero-order valence-electron chi connectivity index (χ0n) is 15.1. The number of ether oxygens (including phenoxy) is 2. The average Bonchev–Trinajstić information content (AvgIpc) is 2.94. The van der Waals surface area contributed by atoms with Crippen molar-refractivity contribution in [3.8, 4) is 11.1 Å². The molecule has 132 valence electrons. The summed E-state index contributed by atoms with van der Waals surface area (Å²) in [5.41, 5.74) is 5.89. The molecule has 2 aromatic rings. The van der Waals surface area contributed by atoms with Gasteiger partial charge in [-0.3, -0.25) is 0 Å². The molecule has 4 heteroatoms. The van der Waals surface area contributed by atoms with Crippen LogP contribution in [-0.2, 0) is 14.9 Å². The Labute approximate surface area is 149 Å². The van der Waals surface area contributed by atoms with Crippen LogP contribution < -0.4 is 0 Å². The number of hydrogen-bond acceptors (Lipinski definition) is 4. The zero-order valence-corrected chi connectivity index (χ0v) is 15.1. The van der Waals surface area contributed by atoms with E-state index in [4.69, 9.17) is 9.47 Å². The maximum Gasteiger partial charge on any atom is 0.114 e. The van der Waals surface area contributed by atoms with Crippen molar-refractivity contribution in [2.45, 2.75) is 31.2 Å². The van der Waals surface area contributed by atoms with Crippen LogP contribution in [0, 0.1) is 4.91 Å². The number of benzene rings is 2. The van der Waals surface area contributed by atoms with E-state index in [9.17, 15) is 4.91 Å². The third kappa shape index (κ3) is 3.00. The summed E-state index contributed by atoms with van der Waals surface area (Å²) in [6.45, 7) is 3.18. The number of nitrogens with zero attached hydrogens (tertiary/aromatic N) is 1. The molecule has 25 heavy (non-hydrogen) atoms. The van der Waals surface area contributed by atoms with E-state index >= 15 is 0 Å². The summed E-state index contributed by atoms with van der Waals surface area (Å²) in [5, 5.41) is 3.21. The number of hydrogen-bond donors (Lipinski definition) is 0. The standard InChI is InChI=1S/C21H25NO3/c1-15(22-23)16-8-9-18-17-6-4-5-7-19(17)21(10-12-24-2,11-13-25-3)20(18)14-16/h4-9,14-15H,10-13H2,1-3H3. The second-order valence-electron chi connectivity index (χ2n) is 6.70. The Morgan fingerprint density at radius 3 is 2.24 bits per heavy atom. The van der Waals surface area contributed by atoms with Gasteiger partial charge in [0, 0.05) is 32.8 Å². The molecule has 0 radical (unpaired) electrons. The third-order valence-electron chi connectivity index (χ3n) is 5.40. The fourth-order valence-corrected chi connectivity index (χ4v) is 4.01. The van der Waals surface area contributed by atoms with Gasteiger partial charge in [0.15, 0.2) is 0 Å². The van der Waals surface area contributed by atoms with Crippen molar-refractivity contribution in [3.63, 3.8) is 0 Å². The lowest BCUT2D eigenvalue weighted by atomic mass is 9.72. The van der Waals surface area contributed by atoms with Crippen LogP contribution in [-0.4, -0.2) is 27.4 Å². The fourth-order valence-electron chi connectivity index (χ4n) is 4.01. The van der Waals surface area contributed by atoms with Crippen molar-refractivity contribution >= 4 is 0 Å². The van der Waals surface area contributed by atoms with E-state index in [1.165, 1.54) is 22.3 Å². The van der Waals surface area contributed by atoms with Gasteiger partial charge in [0.05, 0.1) is 0 Å². The summed E-state index contributed by atoms with van der Waals surface area (Å²) in [6, 6.07) is 14.5. The second-order valence-corrected chi connectivity index (χ2v) is 6.70. The average molecular weight is 339 g/mol. The predicted molar refractivity (Wildman–Crippen MR) is 99.9 cm³/mol. The molecule has 4 nitrogen and oxygen atoms in total. The third-order valence-corrected chi connectivity index (χ3v) is 5.40. The van der Waals surface area contributed by atoms with E-state index in [1.807, 2.05) is 13.0 Å². The lowest BCUT2D eigenvalue weighted by Gasteiger charge is -2.32. The summed E-state index contributed by atoms with van der Waals surface area (Å²) in [5.74, 6) is 0. The van der Waals surface area contributed by atoms with E-state index in [0.29, 0.717) is 13.2 Å². The number of rotatable bonds is 8. The highest BCUT2D eigenvalue weighted by atomic mass is 16.5. The van der Waals surface area contributed by atoms with Crippen LogP contribution in [0.1, 0.15) is 42.5 Å². The van der Waals surface area contributed by atoms with Crippen molar-refractivity contribution in [2.75, 3.05) is 27.4 Å². The van der Waals surface area contributed by atoms with Crippen LogP contribution in [0.15, 0.2) is 47.6 Å². The first kappa shape index (κ1) is 17.8. The van der Waals surface area contributed by atoms with Gasteiger partial charge in [-0.05, 0) is 47.6 Å². The van der Waals surface area contributed by atoms with Gasteiger partial charge in [0.2, 0.25) is 0 Å². The summed E-state index contributed by atoms with van der Waals surface area (Å²) in [6.07, 6.45) is 1.76. The Hall–Kier alpha value is -2.04. The molecule has 2 aromatic carbocycles. The van der Waals surface area contributed by atoms with Crippen molar-refractivity contribution in [2.24, 2.45) is 5.18 Å². The maximum atomic E-state index is 11.0. The highest BCUT2D eigenvalue weighted by Gasteiger charge is 2.42. The van der Waals surface area contributed by atoms with Crippen molar-refractivity contribution in [1.82, 2.24) is 0 Å². The number of methoxy groups -OCH3 is 2. The van der Waals surface area contributed by atoms with Gasteiger partial charge in [-0.25, -0.2) is 0 Å². The van der Waals surface area contributed by atoms with Crippen LogP contribution >= 0.6 is 0 Å². The molecule has 0 aliphatic heterocycles. The number of nitroso groups, excluding NO2 is 1. The second kappa shape index (κ2) is 7.46. The normalized spacial score (nSPS) is 15.5. The van der Waals surface area contributed by atoms with E-state index in [1.54, 1.807) is 14.2 Å². The van der Waals surface area contributed by atoms with Gasteiger partial charge >= 0.3 is 0 Å². The van der Waals surface area contributed by atoms with Gasteiger partial charge in [-0.2, -0.15) is 4.91 Å². The molecule has 0 saturated heterocycles. The minimum absolute atomic E-state index is 0.156. The molecule has 1 unspecified atom stereocenters. The molecule has 0 aromatic heterocycles. The molecule has 0 amide bonds. The van der Waals surface area contributed by atoms with Gasteiger partial charge in [-0.1, -0.05) is 47.6 Å². The quantitative estimate of drug-likeness (QED) is 0.646. The summed E-state index contributed by atoms with van der Waals surface area (Å²) in [4.78, 5) is 11.0. The first-order valence-electron chi connectivity index (χ1n) is 8.72. The van der Waals surface area contributed by atoms with Crippen LogP contribution in [0.25, 0.3) is 11.1 Å². The van der Waals surface area contributed by atoms with Crippen LogP contribution in [0.5, 0.6) is 0 Å². The van der Waals surface area contributed by atoms with Crippen LogP contribution in [0.2, 0.25) is 0 Å². The van der Waals surface area contributed by atoms with Gasteiger partial charge < -0.3 is 9.47 Å². The predicted octanol–water partition coefficient (Wildman–Crippen LogP) is 4.85. The molecular weight excluding hydrogens is 314 g/mol. The Balaban J connectivity index is 2.20. The largest absolute Gasteiger partial charge is 0.385 e. The molecule has 1 aliphatic carbocycles. The molecule has 0 bridgehead atoms. The minimum atomic E-state index is -0.350. The molecule has 0 heterocycles. The Kier molecular flexibility index (Phi) is 5.30. The van der Waals surface area contributed by atoms with Gasteiger partial charge in [0.25, 0.3) is 0 Å². The summed E-state index contributed by atoms with van der Waals surface area (Å²) < 4.78 is 10.9. The number of fused-ring (bicyclic) bond motifs is 3. The zero-order chi connectivity index (χ0) is 17.9. The lowest BCUT2D eigenvalue weighted by molar-refractivity contribution is 0.145. The van der Waals surface area contributed by atoms with Crippen molar-refractivity contribution in [3.05, 3.63) is 64.1 Å². The highest BCUT2D eigenvalue weighted by molar-refractivity contribution is 5.81. The molecule has 0 saturated carbocycles. The van der Waals surface area contributed by atoms with Crippen molar-refractivity contribution in [1.29, 1.82) is 0 Å². The van der Waals surface area contributed by atoms with Crippen molar-refractivity contribution < 1.29 is 9.47 Å². The topological polar surface area (TPSA) is 47.9 Å². The Morgan fingerprint density at radius 2 is 1.60 bits per heavy atom. The fraction of sp³-hybridized carbons (Fsp3) is 0.429. The highest BCUT2D eigenvalue weighted by Crippen LogP contribution is 2.53. The molecule has 0 spiro atoms. The summed E-state index contributed by atoms with van der Waals surface area (Å²) >= 11 is 0. The Bertz CT molecular complexity index is 749. The first-order valence-corrected chi connectivity index (χ1v) is 8.72. The van der Waals surface area contributed by atoms with Gasteiger partial charge in [-0.15, -0.1) is 0 Å². The van der Waals surface area contributed by atoms with E-state index in [-0.39, 0.29) is 11.5 Å². The monoisotopic (exact) mass is 339 g/mol. The molecule has 0 fully saturated rings. The van der Waals surface area contributed by atoms with Crippen LogP contribution in [0.3, 0.4) is 0 Å². The van der Waals surface area contributed by atoms with E-state index < -0.39 is 0 Å². The first-order chi connectivity index (χ1) is 12.2. The molecular formula is C21H25NO3. The smallest absolute Gasteiger partial charge is 0.114 e. The molecule has 1 aliphatic rings. The van der Waals surface area contributed by atoms with E-state index in [2.05, 4.69) is 41.6 Å². The molecule has 3 rings (SSSR count). The van der Waals surface area contributed by atoms with Gasteiger partial charge in [0.1, 0.15) is 6.04 Å². The minimum Gasteiger partial charge on any atom is -0.385 e. The summed E-state index contributed by atoms with van der Waals surface area (Å²) in [7, 11) is 3.47. The Morgan fingerprint density at radius 1 is 0.960 bits per heavy atom. The van der Waals surface area contributed by atoms with Crippen LogP contribution in [0.4, 0.5) is 0 Å². The van der Waals surface area contributed by atoms with E-state index in [0.717, 1.165) is 18.4 Å². The lowest BCUT2D eigenvalue weighted by Crippen LogP contribution is -2.29. The molecule has 1 atom stereocenters. The SMILES string of the molecule is COCCC1(CCOC)c2ccccc2-c2ccc(C(C)N=O)cc21.